The van der Waals surface area contributed by atoms with Crippen LogP contribution in [0.15, 0.2) is 18.2 Å². The lowest BCUT2D eigenvalue weighted by molar-refractivity contribution is -0.118. The standard InChI is InChI=1S/C14H17N3O3.ClH/c15-7-10-2-1-5-17(10)14(19)9-3-4-12-11(6-9)16-13(18)8-20-12;/h3-4,6,10H,1-2,5,7-8,15H2,(H,16,18);1H. The van der Waals surface area contributed by atoms with Crippen LogP contribution in [0, 0.1) is 0 Å². The Bertz CT molecular complexity index is 564. The highest BCUT2D eigenvalue weighted by molar-refractivity contribution is 6.00. The largest absolute Gasteiger partial charge is 0.482 e. The summed E-state index contributed by atoms with van der Waals surface area (Å²) in [6, 6.07) is 5.23. The Kier molecular flexibility index (Phi) is 4.69. The molecule has 1 saturated heterocycles. The molecule has 114 valence electrons. The molecule has 0 bridgehead atoms. The van der Waals surface area contributed by atoms with Crippen molar-refractivity contribution in [3.05, 3.63) is 23.8 Å². The van der Waals surface area contributed by atoms with Gasteiger partial charge in [0.1, 0.15) is 5.75 Å². The highest BCUT2D eigenvalue weighted by atomic mass is 35.5. The van der Waals surface area contributed by atoms with E-state index in [1.165, 1.54) is 0 Å². The summed E-state index contributed by atoms with van der Waals surface area (Å²) >= 11 is 0. The first-order valence-corrected chi connectivity index (χ1v) is 6.77. The van der Waals surface area contributed by atoms with Gasteiger partial charge in [0.15, 0.2) is 6.61 Å². The Morgan fingerprint density at radius 3 is 3.05 bits per heavy atom. The van der Waals surface area contributed by atoms with E-state index in [1.807, 2.05) is 4.90 Å². The maximum absolute atomic E-state index is 12.5. The third kappa shape index (κ3) is 2.96. The number of amides is 2. The molecule has 2 heterocycles. The van der Waals surface area contributed by atoms with Crippen LogP contribution in [0.5, 0.6) is 5.75 Å². The van der Waals surface area contributed by atoms with E-state index in [4.69, 9.17) is 10.5 Å². The minimum atomic E-state index is -0.205. The van der Waals surface area contributed by atoms with Gasteiger partial charge in [0.05, 0.1) is 5.69 Å². The normalized spacial score (nSPS) is 20.1. The molecule has 1 aromatic carbocycles. The lowest BCUT2D eigenvalue weighted by Crippen LogP contribution is -2.40. The number of nitrogens with one attached hydrogen (secondary N) is 1. The Morgan fingerprint density at radius 1 is 1.48 bits per heavy atom. The van der Waals surface area contributed by atoms with Gasteiger partial charge in [0.2, 0.25) is 0 Å². The molecule has 7 heteroatoms. The molecule has 21 heavy (non-hydrogen) atoms. The summed E-state index contributed by atoms with van der Waals surface area (Å²) in [6.07, 6.45) is 1.94. The summed E-state index contributed by atoms with van der Waals surface area (Å²) in [6.45, 7) is 1.23. The third-order valence-corrected chi connectivity index (χ3v) is 3.77. The van der Waals surface area contributed by atoms with Crippen LogP contribution in [0.25, 0.3) is 0 Å². The monoisotopic (exact) mass is 311 g/mol. The third-order valence-electron chi connectivity index (χ3n) is 3.77. The smallest absolute Gasteiger partial charge is 0.262 e. The molecule has 0 aromatic heterocycles. The predicted molar refractivity (Wildman–Crippen MR) is 80.9 cm³/mol. The fraction of sp³-hybridized carbons (Fsp3) is 0.429. The number of nitrogens with two attached hydrogens (primary N) is 1. The molecule has 2 aliphatic rings. The number of anilines is 1. The van der Waals surface area contributed by atoms with Crippen molar-refractivity contribution in [3.63, 3.8) is 0 Å². The van der Waals surface area contributed by atoms with Crippen LogP contribution in [0.2, 0.25) is 0 Å². The van der Waals surface area contributed by atoms with Crippen molar-refractivity contribution >= 4 is 29.9 Å². The van der Waals surface area contributed by atoms with Gasteiger partial charge in [-0.25, -0.2) is 0 Å². The van der Waals surface area contributed by atoms with E-state index in [1.54, 1.807) is 18.2 Å². The van der Waals surface area contributed by atoms with Gasteiger partial charge in [0, 0.05) is 24.7 Å². The van der Waals surface area contributed by atoms with Crippen molar-refractivity contribution in [1.29, 1.82) is 0 Å². The first kappa shape index (κ1) is 15.6. The van der Waals surface area contributed by atoms with Gasteiger partial charge in [-0.05, 0) is 31.0 Å². The van der Waals surface area contributed by atoms with Gasteiger partial charge < -0.3 is 20.7 Å². The lowest BCUT2D eigenvalue weighted by atomic mass is 10.1. The van der Waals surface area contributed by atoms with Crippen molar-refractivity contribution in [3.8, 4) is 5.75 Å². The lowest BCUT2D eigenvalue weighted by Gasteiger charge is -2.24. The van der Waals surface area contributed by atoms with Gasteiger partial charge in [-0.3, -0.25) is 9.59 Å². The molecule has 0 saturated carbocycles. The Morgan fingerprint density at radius 2 is 2.29 bits per heavy atom. The van der Waals surface area contributed by atoms with Gasteiger partial charge >= 0.3 is 0 Å². The average molecular weight is 312 g/mol. The van der Waals surface area contributed by atoms with Crippen molar-refractivity contribution in [2.45, 2.75) is 18.9 Å². The quantitative estimate of drug-likeness (QED) is 0.853. The van der Waals surface area contributed by atoms with Crippen molar-refractivity contribution in [2.24, 2.45) is 5.73 Å². The van der Waals surface area contributed by atoms with E-state index >= 15 is 0 Å². The topological polar surface area (TPSA) is 84.7 Å². The molecule has 0 radical (unpaired) electrons. The maximum Gasteiger partial charge on any atom is 0.262 e. The van der Waals surface area contributed by atoms with Crippen molar-refractivity contribution in [1.82, 2.24) is 4.90 Å². The summed E-state index contributed by atoms with van der Waals surface area (Å²) < 4.78 is 5.28. The van der Waals surface area contributed by atoms with Crippen molar-refractivity contribution in [2.75, 3.05) is 25.0 Å². The van der Waals surface area contributed by atoms with Gasteiger partial charge in [-0.2, -0.15) is 0 Å². The number of fused-ring (bicyclic) bond motifs is 1. The highest BCUT2D eigenvalue weighted by Crippen LogP contribution is 2.29. The number of likely N-dealkylation sites (tertiary alicyclic amines) is 1. The number of carbonyl (C=O) groups is 2. The van der Waals surface area contributed by atoms with E-state index < -0.39 is 0 Å². The van der Waals surface area contributed by atoms with E-state index in [9.17, 15) is 9.59 Å². The highest BCUT2D eigenvalue weighted by Gasteiger charge is 2.29. The number of carbonyl (C=O) groups excluding carboxylic acids is 2. The number of ether oxygens (including phenoxy) is 1. The number of rotatable bonds is 2. The maximum atomic E-state index is 12.5. The summed E-state index contributed by atoms with van der Waals surface area (Å²) in [5.74, 6) is 0.349. The molecule has 1 atom stereocenters. The van der Waals surface area contributed by atoms with Crippen LogP contribution in [0.3, 0.4) is 0 Å². The minimum Gasteiger partial charge on any atom is -0.482 e. The molecular formula is C14H18ClN3O3. The van der Waals surface area contributed by atoms with Crippen LogP contribution < -0.4 is 15.8 Å². The number of hydrogen-bond acceptors (Lipinski definition) is 4. The number of halogens is 1. The zero-order chi connectivity index (χ0) is 14.1. The first-order valence-electron chi connectivity index (χ1n) is 6.77. The number of nitrogens with zero attached hydrogens (tertiary/aromatic N) is 1. The Balaban J connectivity index is 0.00000161. The second kappa shape index (κ2) is 6.32. The molecular weight excluding hydrogens is 294 g/mol. The summed E-state index contributed by atoms with van der Waals surface area (Å²) in [5, 5.41) is 2.71. The molecule has 0 aliphatic carbocycles. The van der Waals surface area contributed by atoms with Crippen molar-refractivity contribution < 1.29 is 14.3 Å². The van der Waals surface area contributed by atoms with Crippen LogP contribution in [-0.4, -0.2) is 42.5 Å². The molecule has 0 spiro atoms. The molecule has 2 aliphatic heterocycles. The summed E-state index contributed by atoms with van der Waals surface area (Å²) in [4.78, 5) is 25.6. The van der Waals surface area contributed by atoms with Gasteiger partial charge in [-0.15, -0.1) is 12.4 Å². The number of benzene rings is 1. The zero-order valence-corrected chi connectivity index (χ0v) is 12.3. The van der Waals surface area contributed by atoms with Gasteiger partial charge in [0.25, 0.3) is 11.8 Å². The molecule has 6 nitrogen and oxygen atoms in total. The Hall–Kier alpha value is -1.79. The van der Waals surface area contributed by atoms with E-state index in [0.717, 1.165) is 19.4 Å². The van der Waals surface area contributed by atoms with Crippen LogP contribution in [0.1, 0.15) is 23.2 Å². The molecule has 1 aromatic rings. The molecule has 2 amide bonds. The van der Waals surface area contributed by atoms with E-state index in [0.29, 0.717) is 23.5 Å². The fourth-order valence-electron chi connectivity index (χ4n) is 2.73. The first-order chi connectivity index (χ1) is 9.69. The van der Waals surface area contributed by atoms with Crippen LogP contribution in [0.4, 0.5) is 5.69 Å². The zero-order valence-electron chi connectivity index (χ0n) is 11.5. The molecule has 1 unspecified atom stereocenters. The average Bonchev–Trinajstić information content (AvgIpc) is 2.94. The van der Waals surface area contributed by atoms with E-state index in [-0.39, 0.29) is 36.9 Å². The van der Waals surface area contributed by atoms with E-state index in [2.05, 4.69) is 5.32 Å². The molecule has 3 N–H and O–H groups in total. The van der Waals surface area contributed by atoms with Crippen LogP contribution in [-0.2, 0) is 4.79 Å². The minimum absolute atomic E-state index is 0. The summed E-state index contributed by atoms with van der Waals surface area (Å²) in [5.41, 5.74) is 6.80. The van der Waals surface area contributed by atoms with Crippen LogP contribution >= 0.6 is 12.4 Å². The molecule has 3 rings (SSSR count). The van der Waals surface area contributed by atoms with Gasteiger partial charge in [-0.1, -0.05) is 0 Å². The SMILES string of the molecule is Cl.NCC1CCCN1C(=O)c1ccc2c(c1)NC(=O)CO2. The second-order valence-electron chi connectivity index (χ2n) is 5.08. The fourth-order valence-corrected chi connectivity index (χ4v) is 2.73. The number of hydrogen-bond donors (Lipinski definition) is 2. The predicted octanol–water partition coefficient (Wildman–Crippen LogP) is 1.00. The second-order valence-corrected chi connectivity index (χ2v) is 5.08. The Labute approximate surface area is 129 Å². The summed E-state index contributed by atoms with van der Waals surface area (Å²) in [7, 11) is 0. The molecule has 1 fully saturated rings.